The van der Waals surface area contributed by atoms with E-state index in [1.165, 1.54) is 0 Å². The monoisotopic (exact) mass is 182 g/mol. The lowest BCUT2D eigenvalue weighted by atomic mass is 10.0. The molecule has 1 aromatic heterocycles. The van der Waals surface area contributed by atoms with Gasteiger partial charge in [-0.05, 0) is 18.9 Å². The SMILES string of the molecule is Cc1nn(C)cc1CC(C)C(=O)O. The van der Waals surface area contributed by atoms with Crippen molar-refractivity contribution in [1.29, 1.82) is 0 Å². The molecule has 72 valence electrons. The Morgan fingerprint density at radius 2 is 2.38 bits per heavy atom. The van der Waals surface area contributed by atoms with Crippen molar-refractivity contribution in [3.8, 4) is 0 Å². The van der Waals surface area contributed by atoms with Crippen LogP contribution in [0.25, 0.3) is 0 Å². The van der Waals surface area contributed by atoms with Crippen LogP contribution in [0, 0.1) is 12.8 Å². The first-order valence-corrected chi connectivity index (χ1v) is 4.22. The minimum absolute atomic E-state index is 0.345. The van der Waals surface area contributed by atoms with Crippen molar-refractivity contribution < 1.29 is 9.90 Å². The summed E-state index contributed by atoms with van der Waals surface area (Å²) in [5.41, 5.74) is 1.92. The average Bonchev–Trinajstić information content (AvgIpc) is 2.30. The summed E-state index contributed by atoms with van der Waals surface area (Å²) in [7, 11) is 1.84. The molecule has 13 heavy (non-hydrogen) atoms. The third-order valence-electron chi connectivity index (χ3n) is 2.06. The zero-order chi connectivity index (χ0) is 10.0. The lowest BCUT2D eigenvalue weighted by Crippen LogP contribution is -2.12. The van der Waals surface area contributed by atoms with Gasteiger partial charge in [0.15, 0.2) is 0 Å². The maximum atomic E-state index is 10.6. The molecule has 1 rings (SSSR count). The molecule has 4 heteroatoms. The average molecular weight is 182 g/mol. The molecule has 0 fully saturated rings. The lowest BCUT2D eigenvalue weighted by molar-refractivity contribution is -0.141. The quantitative estimate of drug-likeness (QED) is 0.758. The van der Waals surface area contributed by atoms with Gasteiger partial charge in [0.25, 0.3) is 0 Å². The van der Waals surface area contributed by atoms with Crippen molar-refractivity contribution in [2.45, 2.75) is 20.3 Å². The number of aromatic nitrogens is 2. The molecule has 0 spiro atoms. The molecule has 0 aliphatic rings. The maximum Gasteiger partial charge on any atom is 0.306 e. The van der Waals surface area contributed by atoms with E-state index in [1.807, 2.05) is 20.2 Å². The fraction of sp³-hybridized carbons (Fsp3) is 0.556. The van der Waals surface area contributed by atoms with E-state index in [-0.39, 0.29) is 5.92 Å². The van der Waals surface area contributed by atoms with Crippen LogP contribution >= 0.6 is 0 Å². The zero-order valence-electron chi connectivity index (χ0n) is 8.11. The largest absolute Gasteiger partial charge is 0.481 e. The van der Waals surface area contributed by atoms with Gasteiger partial charge < -0.3 is 5.11 Å². The highest BCUT2D eigenvalue weighted by Crippen LogP contribution is 2.11. The Morgan fingerprint density at radius 1 is 1.77 bits per heavy atom. The van der Waals surface area contributed by atoms with Crippen molar-refractivity contribution in [2.75, 3.05) is 0 Å². The number of carboxylic acid groups (broad SMARTS) is 1. The van der Waals surface area contributed by atoms with Gasteiger partial charge in [-0.3, -0.25) is 9.48 Å². The number of hydrogen-bond acceptors (Lipinski definition) is 2. The van der Waals surface area contributed by atoms with Gasteiger partial charge in [0.2, 0.25) is 0 Å². The number of hydrogen-bond donors (Lipinski definition) is 1. The Kier molecular flexibility index (Phi) is 2.70. The van der Waals surface area contributed by atoms with Crippen LogP contribution < -0.4 is 0 Å². The van der Waals surface area contributed by atoms with Crippen LogP contribution in [-0.4, -0.2) is 20.9 Å². The number of aryl methyl sites for hydroxylation is 2. The lowest BCUT2D eigenvalue weighted by Gasteiger charge is -2.03. The summed E-state index contributed by atoms with van der Waals surface area (Å²) >= 11 is 0. The van der Waals surface area contributed by atoms with E-state index in [4.69, 9.17) is 5.11 Å². The predicted molar refractivity (Wildman–Crippen MR) is 48.4 cm³/mol. The predicted octanol–water partition coefficient (Wildman–Crippen LogP) is 0.992. The van der Waals surface area contributed by atoms with Gasteiger partial charge in [-0.1, -0.05) is 6.92 Å². The summed E-state index contributed by atoms with van der Waals surface area (Å²) in [5, 5.41) is 12.9. The summed E-state index contributed by atoms with van der Waals surface area (Å²) in [5.74, 6) is -1.11. The second-order valence-corrected chi connectivity index (χ2v) is 3.36. The normalized spacial score (nSPS) is 12.8. The molecule has 0 saturated carbocycles. The minimum Gasteiger partial charge on any atom is -0.481 e. The fourth-order valence-corrected chi connectivity index (χ4v) is 1.27. The van der Waals surface area contributed by atoms with Gasteiger partial charge in [0.05, 0.1) is 11.6 Å². The van der Waals surface area contributed by atoms with Gasteiger partial charge in [-0.15, -0.1) is 0 Å². The van der Waals surface area contributed by atoms with E-state index in [1.54, 1.807) is 11.6 Å². The molecule has 1 atom stereocenters. The molecule has 1 unspecified atom stereocenters. The third-order valence-corrected chi connectivity index (χ3v) is 2.06. The highest BCUT2D eigenvalue weighted by molar-refractivity contribution is 5.69. The second kappa shape index (κ2) is 3.60. The Hall–Kier alpha value is -1.32. The standard InChI is InChI=1S/C9H14N2O2/c1-6(9(12)13)4-8-5-11(3)10-7(8)2/h5-6H,4H2,1-3H3,(H,12,13). The van der Waals surface area contributed by atoms with Crippen LogP contribution in [0.1, 0.15) is 18.2 Å². The van der Waals surface area contributed by atoms with Crippen molar-refractivity contribution in [3.05, 3.63) is 17.5 Å². The number of rotatable bonds is 3. The van der Waals surface area contributed by atoms with E-state index in [0.717, 1.165) is 11.3 Å². The van der Waals surface area contributed by atoms with Crippen molar-refractivity contribution in [1.82, 2.24) is 9.78 Å². The van der Waals surface area contributed by atoms with E-state index >= 15 is 0 Å². The number of aliphatic carboxylic acids is 1. The van der Waals surface area contributed by atoms with Crippen molar-refractivity contribution in [2.24, 2.45) is 13.0 Å². The number of nitrogens with zero attached hydrogens (tertiary/aromatic N) is 2. The maximum absolute atomic E-state index is 10.6. The van der Waals surface area contributed by atoms with Gasteiger partial charge in [0, 0.05) is 13.2 Å². The second-order valence-electron chi connectivity index (χ2n) is 3.36. The molecule has 1 N–H and O–H groups in total. The molecule has 1 heterocycles. The summed E-state index contributed by atoms with van der Waals surface area (Å²) in [6.45, 7) is 3.60. The van der Waals surface area contributed by atoms with Gasteiger partial charge in [0.1, 0.15) is 0 Å². The first kappa shape index (κ1) is 9.77. The van der Waals surface area contributed by atoms with Crippen LogP contribution in [0.2, 0.25) is 0 Å². The van der Waals surface area contributed by atoms with E-state index in [2.05, 4.69) is 5.10 Å². The first-order chi connectivity index (χ1) is 6.00. The molecule has 0 aliphatic heterocycles. The molecule has 0 radical (unpaired) electrons. The molecular weight excluding hydrogens is 168 g/mol. The summed E-state index contributed by atoms with van der Waals surface area (Å²) in [6, 6.07) is 0. The Morgan fingerprint density at radius 3 is 2.77 bits per heavy atom. The Bertz CT molecular complexity index is 317. The van der Waals surface area contributed by atoms with Crippen LogP contribution in [0.15, 0.2) is 6.20 Å². The highest BCUT2D eigenvalue weighted by atomic mass is 16.4. The molecule has 0 amide bonds. The molecule has 0 saturated heterocycles. The molecular formula is C9H14N2O2. The van der Waals surface area contributed by atoms with Gasteiger partial charge >= 0.3 is 5.97 Å². The van der Waals surface area contributed by atoms with Crippen LogP contribution in [0.5, 0.6) is 0 Å². The molecule has 0 bridgehead atoms. The fourth-order valence-electron chi connectivity index (χ4n) is 1.27. The third kappa shape index (κ3) is 2.31. The van der Waals surface area contributed by atoms with Crippen molar-refractivity contribution in [3.63, 3.8) is 0 Å². The molecule has 0 aromatic carbocycles. The highest BCUT2D eigenvalue weighted by Gasteiger charge is 2.14. The summed E-state index contributed by atoms with van der Waals surface area (Å²) in [4.78, 5) is 10.6. The van der Waals surface area contributed by atoms with Crippen LogP contribution in [-0.2, 0) is 18.3 Å². The van der Waals surface area contributed by atoms with E-state index < -0.39 is 5.97 Å². The van der Waals surface area contributed by atoms with Crippen LogP contribution in [0.4, 0.5) is 0 Å². The number of carbonyl (C=O) groups is 1. The molecule has 0 aliphatic carbocycles. The summed E-state index contributed by atoms with van der Waals surface area (Å²) < 4.78 is 1.71. The Balaban J connectivity index is 2.74. The minimum atomic E-state index is -0.761. The van der Waals surface area contributed by atoms with Crippen LogP contribution in [0.3, 0.4) is 0 Å². The zero-order valence-corrected chi connectivity index (χ0v) is 8.11. The molecule has 4 nitrogen and oxygen atoms in total. The van der Waals surface area contributed by atoms with Crippen molar-refractivity contribution >= 4 is 5.97 Å². The van der Waals surface area contributed by atoms with Gasteiger partial charge in [-0.25, -0.2) is 0 Å². The first-order valence-electron chi connectivity index (χ1n) is 4.22. The smallest absolute Gasteiger partial charge is 0.306 e. The molecule has 1 aromatic rings. The summed E-state index contributed by atoms with van der Waals surface area (Å²) in [6.07, 6.45) is 2.42. The Labute approximate surface area is 77.2 Å². The van der Waals surface area contributed by atoms with Gasteiger partial charge in [-0.2, -0.15) is 5.10 Å². The van der Waals surface area contributed by atoms with E-state index in [9.17, 15) is 4.79 Å². The number of carboxylic acids is 1. The topological polar surface area (TPSA) is 55.1 Å². The van der Waals surface area contributed by atoms with E-state index in [0.29, 0.717) is 6.42 Å².